The van der Waals surface area contributed by atoms with Gasteiger partial charge in [-0.1, -0.05) is 44.2 Å². The third-order valence-corrected chi connectivity index (χ3v) is 7.93. The van der Waals surface area contributed by atoms with Gasteiger partial charge in [0.2, 0.25) is 10.1 Å². The normalized spacial score (nSPS) is 18.6. The Kier molecular flexibility index (Phi) is 4.81. The number of nitrogens with one attached hydrogen (secondary N) is 1. The van der Waals surface area contributed by atoms with Crippen molar-refractivity contribution < 1.29 is 21.6 Å². The van der Waals surface area contributed by atoms with Gasteiger partial charge >= 0.3 is 0 Å². The molecule has 6 nitrogen and oxygen atoms in total. The summed E-state index contributed by atoms with van der Waals surface area (Å²) in [7, 11) is -7.83. The van der Waals surface area contributed by atoms with Crippen LogP contribution in [0, 0.1) is 0 Å². The van der Waals surface area contributed by atoms with Crippen LogP contribution in [0.25, 0.3) is 0 Å². The highest BCUT2D eigenvalue weighted by atomic mass is 32.3. The fourth-order valence-corrected chi connectivity index (χ4v) is 5.71. The number of sulfone groups is 2. The molecule has 1 aliphatic rings. The molecule has 1 heterocycles. The second kappa shape index (κ2) is 6.29. The summed E-state index contributed by atoms with van der Waals surface area (Å²) in [6.07, 6.45) is -0.412. The van der Waals surface area contributed by atoms with Crippen molar-refractivity contribution in [1.82, 2.24) is 5.32 Å². The predicted octanol–water partition coefficient (Wildman–Crippen LogP) is 1.34. The van der Waals surface area contributed by atoms with Gasteiger partial charge in [-0.25, -0.2) is 16.8 Å². The second-order valence-corrected chi connectivity index (χ2v) is 9.51. The summed E-state index contributed by atoms with van der Waals surface area (Å²) >= 11 is 0. The summed E-state index contributed by atoms with van der Waals surface area (Å²) in [5.74, 6) is -0.768. The van der Waals surface area contributed by atoms with Crippen LogP contribution in [-0.4, -0.2) is 34.9 Å². The molecule has 1 atom stereocenters. The summed E-state index contributed by atoms with van der Waals surface area (Å²) in [5, 5.41) is 2.79. The minimum Gasteiger partial charge on any atom is -0.468 e. The van der Waals surface area contributed by atoms with E-state index in [0.717, 1.165) is 5.56 Å². The molecule has 0 bridgehead atoms. The third kappa shape index (κ3) is 3.27. The van der Waals surface area contributed by atoms with Crippen molar-refractivity contribution in [3.63, 3.8) is 0 Å². The molecule has 1 N–H and O–H groups in total. The second-order valence-electron chi connectivity index (χ2n) is 4.82. The third-order valence-electron chi connectivity index (χ3n) is 3.39. The van der Waals surface area contributed by atoms with E-state index in [1.54, 1.807) is 0 Å². The minimum absolute atomic E-state index is 0.169. The lowest BCUT2D eigenvalue weighted by molar-refractivity contribution is 0.170. The van der Waals surface area contributed by atoms with Crippen LogP contribution in [0.3, 0.4) is 0 Å². The number of benzene rings is 1. The van der Waals surface area contributed by atoms with Crippen LogP contribution >= 0.6 is 0 Å². The Bertz CT molecular complexity index is 731. The lowest BCUT2D eigenvalue weighted by Gasteiger charge is -2.12. The lowest BCUT2D eigenvalue weighted by Crippen LogP contribution is -2.23. The smallest absolute Gasteiger partial charge is 0.218 e. The maximum Gasteiger partial charge on any atom is 0.218 e. The van der Waals surface area contributed by atoms with E-state index in [2.05, 4.69) is 5.32 Å². The van der Waals surface area contributed by atoms with Gasteiger partial charge in [0, 0.05) is 0 Å². The monoisotopic (exact) mass is 345 g/mol. The highest BCUT2D eigenvalue weighted by molar-refractivity contribution is 8.14. The lowest BCUT2D eigenvalue weighted by atomic mass is 10.1. The first-order valence-electron chi connectivity index (χ1n) is 6.97. The summed E-state index contributed by atoms with van der Waals surface area (Å²) in [4.78, 5) is 0. The van der Waals surface area contributed by atoms with Gasteiger partial charge in [-0.05, 0) is 5.56 Å². The largest absolute Gasteiger partial charge is 0.468 e. The molecule has 1 aromatic carbocycles. The maximum atomic E-state index is 12.2. The van der Waals surface area contributed by atoms with Gasteiger partial charge in [-0.15, -0.1) is 0 Å². The molecule has 0 aliphatic carbocycles. The van der Waals surface area contributed by atoms with Crippen LogP contribution in [0.1, 0.15) is 25.5 Å². The fourth-order valence-electron chi connectivity index (χ4n) is 2.12. The molecule has 1 fully saturated rings. The van der Waals surface area contributed by atoms with E-state index >= 15 is 0 Å². The highest BCUT2D eigenvalue weighted by Crippen LogP contribution is 2.30. The van der Waals surface area contributed by atoms with E-state index in [1.807, 2.05) is 30.3 Å². The first-order chi connectivity index (χ1) is 10.3. The number of hydrogen-bond acceptors (Lipinski definition) is 6. The molecule has 1 saturated heterocycles. The van der Waals surface area contributed by atoms with Gasteiger partial charge < -0.3 is 10.1 Å². The molecule has 0 spiro atoms. The predicted molar refractivity (Wildman–Crippen MR) is 84.2 cm³/mol. The Balaban J connectivity index is 2.47. The summed E-state index contributed by atoms with van der Waals surface area (Å²) in [5.41, 5.74) is 0.854. The Labute approximate surface area is 131 Å². The van der Waals surface area contributed by atoms with Crippen LogP contribution in [-0.2, 0) is 24.4 Å². The molecule has 1 unspecified atom stereocenters. The van der Waals surface area contributed by atoms with Gasteiger partial charge in [0.1, 0.15) is 6.10 Å². The fraction of sp³-hybridized carbons (Fsp3) is 0.429. The molecule has 122 valence electrons. The van der Waals surface area contributed by atoms with Crippen molar-refractivity contribution >= 4 is 19.7 Å². The van der Waals surface area contributed by atoms with E-state index < -0.39 is 30.0 Å². The standard InChI is InChI=1S/C14H19NO5S2/c1-3-21(16,17)14(22(18,19)4-2)13-15-10-12(20-13)11-8-6-5-7-9-11/h5-9,12,15H,3-4,10H2,1-2H3. The zero-order valence-corrected chi connectivity index (χ0v) is 14.1. The summed E-state index contributed by atoms with van der Waals surface area (Å²) in [6.45, 7) is 3.14. The van der Waals surface area contributed by atoms with Gasteiger partial charge in [0.25, 0.3) is 0 Å². The average Bonchev–Trinajstić information content (AvgIpc) is 2.97. The molecule has 0 radical (unpaired) electrons. The molecule has 2 rings (SSSR count). The van der Waals surface area contributed by atoms with E-state index in [4.69, 9.17) is 4.74 Å². The van der Waals surface area contributed by atoms with Gasteiger partial charge in [0.15, 0.2) is 19.7 Å². The summed E-state index contributed by atoms with van der Waals surface area (Å²) < 4.78 is 53.7. The number of ether oxygens (including phenoxy) is 1. The van der Waals surface area contributed by atoms with Crippen LogP contribution in [0.5, 0.6) is 0 Å². The van der Waals surface area contributed by atoms with Crippen LogP contribution in [0.15, 0.2) is 40.5 Å². The number of rotatable bonds is 5. The molecule has 1 aromatic rings. The number of hydrogen-bond donors (Lipinski definition) is 1. The van der Waals surface area contributed by atoms with E-state index in [9.17, 15) is 16.8 Å². The first kappa shape index (κ1) is 16.8. The van der Waals surface area contributed by atoms with Crippen LogP contribution in [0.2, 0.25) is 0 Å². The first-order valence-corrected chi connectivity index (χ1v) is 10.3. The average molecular weight is 345 g/mol. The quantitative estimate of drug-likeness (QED) is 0.866. The topological polar surface area (TPSA) is 89.5 Å². The van der Waals surface area contributed by atoms with Gasteiger partial charge in [-0.3, -0.25) is 0 Å². The molecule has 0 aromatic heterocycles. The molecular weight excluding hydrogens is 326 g/mol. The van der Waals surface area contributed by atoms with Crippen molar-refractivity contribution in [3.05, 3.63) is 46.0 Å². The molecule has 1 aliphatic heterocycles. The molecule has 8 heteroatoms. The van der Waals surface area contributed by atoms with E-state index in [0.29, 0.717) is 6.54 Å². The van der Waals surface area contributed by atoms with Crippen LogP contribution < -0.4 is 5.32 Å². The zero-order valence-electron chi connectivity index (χ0n) is 12.4. The van der Waals surface area contributed by atoms with Crippen molar-refractivity contribution in [2.45, 2.75) is 20.0 Å². The SMILES string of the molecule is CCS(=O)(=O)C(=C1NCC(c2ccccc2)O1)S(=O)(=O)CC. The molecule has 0 amide bonds. The van der Waals surface area contributed by atoms with Gasteiger partial charge in [0.05, 0.1) is 18.1 Å². The van der Waals surface area contributed by atoms with Crippen molar-refractivity contribution in [2.24, 2.45) is 0 Å². The van der Waals surface area contributed by atoms with E-state index in [-0.39, 0.29) is 17.4 Å². The minimum atomic E-state index is -3.91. The van der Waals surface area contributed by atoms with Crippen LogP contribution in [0.4, 0.5) is 0 Å². The Morgan fingerprint density at radius 1 is 1.09 bits per heavy atom. The Morgan fingerprint density at radius 3 is 2.14 bits per heavy atom. The molecule has 22 heavy (non-hydrogen) atoms. The maximum absolute atomic E-state index is 12.2. The molecule has 0 saturated carbocycles. The molecular formula is C14H19NO5S2. The van der Waals surface area contributed by atoms with Crippen molar-refractivity contribution in [2.75, 3.05) is 18.1 Å². The van der Waals surface area contributed by atoms with Crippen molar-refractivity contribution in [1.29, 1.82) is 0 Å². The summed E-state index contributed by atoms with van der Waals surface area (Å²) in [6, 6.07) is 9.23. The Morgan fingerprint density at radius 2 is 1.64 bits per heavy atom. The zero-order chi connectivity index (χ0) is 16.4. The van der Waals surface area contributed by atoms with Crippen molar-refractivity contribution in [3.8, 4) is 0 Å². The highest BCUT2D eigenvalue weighted by Gasteiger charge is 2.37. The van der Waals surface area contributed by atoms with Gasteiger partial charge in [-0.2, -0.15) is 0 Å². The Hall–Kier alpha value is -1.54. The van der Waals surface area contributed by atoms with E-state index in [1.165, 1.54) is 13.8 Å².